The second kappa shape index (κ2) is 3.88. The summed E-state index contributed by atoms with van der Waals surface area (Å²) in [6, 6.07) is 0. The molecule has 4 heteroatoms. The third-order valence-electron chi connectivity index (χ3n) is 1.12. The van der Waals surface area contributed by atoms with Gasteiger partial charge in [-0.3, -0.25) is 0 Å². The topological polar surface area (TPSA) is 16.1 Å². The zero-order chi connectivity index (χ0) is 8.27. The van der Waals surface area contributed by atoms with Crippen molar-refractivity contribution in [3.05, 3.63) is 16.1 Å². The van der Waals surface area contributed by atoms with E-state index in [1.165, 1.54) is 0 Å². The van der Waals surface area contributed by atoms with Gasteiger partial charge in [-0.2, -0.15) is 0 Å². The molecule has 0 aliphatic heterocycles. The van der Waals surface area contributed by atoms with E-state index in [9.17, 15) is 0 Å². The van der Waals surface area contributed by atoms with E-state index in [1.807, 2.05) is 36.3 Å². The number of halogens is 1. The van der Waals surface area contributed by atoms with E-state index in [2.05, 4.69) is 20.9 Å². The van der Waals surface area contributed by atoms with Gasteiger partial charge in [0.15, 0.2) is 5.13 Å². The van der Waals surface area contributed by atoms with Gasteiger partial charge < -0.3 is 4.90 Å². The maximum Gasteiger partial charge on any atom is 0.185 e. The maximum atomic E-state index is 4.21. The molecule has 0 saturated heterocycles. The van der Waals surface area contributed by atoms with Gasteiger partial charge in [0.25, 0.3) is 0 Å². The van der Waals surface area contributed by atoms with Gasteiger partial charge in [-0.25, -0.2) is 4.98 Å². The SMILES string of the molecule is CN(C)c1ncc(/C=C/Br)s1. The normalized spacial score (nSPS) is 10.8. The summed E-state index contributed by atoms with van der Waals surface area (Å²) in [5.41, 5.74) is 0. The fraction of sp³-hybridized carbons (Fsp3) is 0.286. The Morgan fingerprint density at radius 2 is 2.36 bits per heavy atom. The first-order valence-corrected chi connectivity index (χ1v) is 4.87. The Hall–Kier alpha value is -0.350. The van der Waals surface area contributed by atoms with Gasteiger partial charge in [-0.05, 0) is 11.1 Å². The Morgan fingerprint density at radius 1 is 1.64 bits per heavy atom. The van der Waals surface area contributed by atoms with Crippen molar-refractivity contribution in [1.29, 1.82) is 0 Å². The molecule has 0 fully saturated rings. The van der Waals surface area contributed by atoms with Gasteiger partial charge >= 0.3 is 0 Å². The Balaban J connectivity index is 2.81. The van der Waals surface area contributed by atoms with Gasteiger partial charge in [0, 0.05) is 25.2 Å². The zero-order valence-corrected chi connectivity index (χ0v) is 8.82. The van der Waals surface area contributed by atoms with Crippen LogP contribution in [0.15, 0.2) is 11.2 Å². The van der Waals surface area contributed by atoms with Gasteiger partial charge in [-0.1, -0.05) is 27.3 Å². The van der Waals surface area contributed by atoms with Crippen LogP contribution in [-0.2, 0) is 0 Å². The molecule has 1 heterocycles. The minimum Gasteiger partial charge on any atom is -0.354 e. The number of hydrogen-bond acceptors (Lipinski definition) is 3. The highest BCUT2D eigenvalue weighted by atomic mass is 79.9. The van der Waals surface area contributed by atoms with Crippen molar-refractivity contribution in [2.45, 2.75) is 0 Å². The van der Waals surface area contributed by atoms with Gasteiger partial charge in [0.05, 0.1) is 0 Å². The van der Waals surface area contributed by atoms with Crippen molar-refractivity contribution in [2.24, 2.45) is 0 Å². The van der Waals surface area contributed by atoms with E-state index in [0.29, 0.717) is 0 Å². The number of thiazole rings is 1. The van der Waals surface area contributed by atoms with E-state index in [0.717, 1.165) is 10.0 Å². The lowest BCUT2D eigenvalue weighted by Gasteiger charge is -2.04. The van der Waals surface area contributed by atoms with Crippen molar-refractivity contribution in [3.63, 3.8) is 0 Å². The number of aromatic nitrogens is 1. The van der Waals surface area contributed by atoms with Crippen LogP contribution >= 0.6 is 27.3 Å². The Labute approximate surface area is 78.7 Å². The molecule has 1 aromatic rings. The average molecular weight is 233 g/mol. The first-order chi connectivity index (χ1) is 5.24. The summed E-state index contributed by atoms with van der Waals surface area (Å²) in [4.78, 5) is 9.19. The molecule has 0 bridgehead atoms. The minimum atomic E-state index is 1.03. The molecular weight excluding hydrogens is 224 g/mol. The quantitative estimate of drug-likeness (QED) is 0.780. The van der Waals surface area contributed by atoms with Crippen LogP contribution in [0.4, 0.5) is 5.13 Å². The fourth-order valence-electron chi connectivity index (χ4n) is 0.623. The van der Waals surface area contributed by atoms with Crippen LogP contribution in [0.2, 0.25) is 0 Å². The molecule has 0 saturated carbocycles. The predicted octanol–water partition coefficient (Wildman–Crippen LogP) is 2.57. The molecule has 0 N–H and O–H groups in total. The van der Waals surface area contributed by atoms with Crippen LogP contribution in [0.1, 0.15) is 4.88 Å². The molecule has 0 radical (unpaired) electrons. The van der Waals surface area contributed by atoms with Crippen molar-refractivity contribution < 1.29 is 0 Å². The lowest BCUT2D eigenvalue weighted by molar-refractivity contribution is 1.10. The summed E-state index contributed by atoms with van der Waals surface area (Å²) in [6.45, 7) is 0. The van der Waals surface area contributed by atoms with Gasteiger partial charge in [0.2, 0.25) is 0 Å². The second-order valence-corrected chi connectivity index (χ2v) is 3.80. The van der Waals surface area contributed by atoms with E-state index in [-0.39, 0.29) is 0 Å². The number of rotatable bonds is 2. The molecule has 1 rings (SSSR count). The first kappa shape index (κ1) is 8.74. The molecule has 2 nitrogen and oxygen atoms in total. The van der Waals surface area contributed by atoms with E-state index in [4.69, 9.17) is 0 Å². The number of nitrogens with zero attached hydrogens (tertiary/aromatic N) is 2. The average Bonchev–Trinajstić information content (AvgIpc) is 2.37. The van der Waals surface area contributed by atoms with Crippen LogP contribution in [0, 0.1) is 0 Å². The zero-order valence-electron chi connectivity index (χ0n) is 6.41. The highest BCUT2D eigenvalue weighted by Gasteiger charge is 1.99. The van der Waals surface area contributed by atoms with Crippen LogP contribution in [0.25, 0.3) is 6.08 Å². The summed E-state index contributed by atoms with van der Waals surface area (Å²) in [6.07, 6.45) is 3.84. The van der Waals surface area contributed by atoms with Crippen LogP contribution < -0.4 is 4.90 Å². The smallest absolute Gasteiger partial charge is 0.185 e. The van der Waals surface area contributed by atoms with Gasteiger partial charge in [-0.15, -0.1) is 0 Å². The molecule has 0 aliphatic rings. The number of hydrogen-bond donors (Lipinski definition) is 0. The summed E-state index contributed by atoms with van der Waals surface area (Å²) >= 11 is 4.88. The molecule has 1 aromatic heterocycles. The minimum absolute atomic E-state index is 1.03. The van der Waals surface area contributed by atoms with Crippen molar-refractivity contribution in [1.82, 2.24) is 4.98 Å². The molecule has 0 unspecified atom stereocenters. The Morgan fingerprint density at radius 3 is 2.82 bits per heavy atom. The lowest BCUT2D eigenvalue weighted by Crippen LogP contribution is -2.07. The highest BCUT2D eigenvalue weighted by molar-refractivity contribution is 9.11. The van der Waals surface area contributed by atoms with Crippen LogP contribution in [0.3, 0.4) is 0 Å². The molecule has 0 aromatic carbocycles. The molecule has 0 atom stereocenters. The maximum absolute atomic E-state index is 4.21. The van der Waals surface area contributed by atoms with Crippen LogP contribution in [0.5, 0.6) is 0 Å². The largest absolute Gasteiger partial charge is 0.354 e. The highest BCUT2D eigenvalue weighted by Crippen LogP contribution is 2.21. The molecule has 0 amide bonds. The van der Waals surface area contributed by atoms with Crippen LogP contribution in [-0.4, -0.2) is 19.1 Å². The molecule has 11 heavy (non-hydrogen) atoms. The third-order valence-corrected chi connectivity index (χ3v) is 2.52. The second-order valence-electron chi connectivity index (χ2n) is 2.23. The summed E-state index contributed by atoms with van der Waals surface area (Å²) < 4.78 is 0. The summed E-state index contributed by atoms with van der Waals surface area (Å²) in [5.74, 6) is 0. The van der Waals surface area contributed by atoms with E-state index < -0.39 is 0 Å². The fourth-order valence-corrected chi connectivity index (χ4v) is 1.82. The standard InChI is InChI=1S/C7H9BrN2S/c1-10(2)7-9-5-6(11-7)3-4-8/h3-5H,1-2H3/b4-3+. The summed E-state index contributed by atoms with van der Waals surface area (Å²) in [5, 5.41) is 1.03. The van der Waals surface area contributed by atoms with Crippen molar-refractivity contribution in [3.8, 4) is 0 Å². The van der Waals surface area contributed by atoms with Crippen molar-refractivity contribution in [2.75, 3.05) is 19.0 Å². The number of anilines is 1. The van der Waals surface area contributed by atoms with E-state index in [1.54, 1.807) is 11.3 Å². The van der Waals surface area contributed by atoms with E-state index >= 15 is 0 Å². The van der Waals surface area contributed by atoms with Crippen molar-refractivity contribution >= 4 is 38.5 Å². The third kappa shape index (κ3) is 2.31. The molecule has 60 valence electrons. The Kier molecular flexibility index (Phi) is 3.08. The molecule has 0 spiro atoms. The van der Waals surface area contributed by atoms with Gasteiger partial charge in [0.1, 0.15) is 0 Å². The monoisotopic (exact) mass is 232 g/mol. The predicted molar refractivity (Wildman–Crippen MR) is 54.4 cm³/mol. The lowest BCUT2D eigenvalue weighted by atomic mass is 10.5. The first-order valence-electron chi connectivity index (χ1n) is 3.14. The Bertz CT molecular complexity index is 255. The molecular formula is C7H9BrN2S. The summed E-state index contributed by atoms with van der Waals surface area (Å²) in [7, 11) is 3.97. The molecule has 0 aliphatic carbocycles.